The second-order valence-corrected chi connectivity index (χ2v) is 3.07. The first kappa shape index (κ1) is 6.10. The molecule has 6 heavy (non-hydrogen) atoms. The van der Waals surface area contributed by atoms with Gasteiger partial charge in [-0.3, -0.25) is 0 Å². The third-order valence-corrected chi connectivity index (χ3v) is 1.01. The summed E-state index contributed by atoms with van der Waals surface area (Å²) in [4.78, 5) is 24.0. The minimum atomic E-state index is -3.74. The van der Waals surface area contributed by atoms with E-state index in [0.717, 1.165) is 0 Å². The van der Waals surface area contributed by atoms with Crippen LogP contribution in [-0.4, -0.2) is 23.2 Å². The summed E-state index contributed by atoms with van der Waals surface area (Å²) in [6.45, 7) is 3.07. The van der Waals surface area contributed by atoms with Crippen molar-refractivity contribution >= 4 is 8.80 Å². The molecule has 0 atom stereocenters. The van der Waals surface area contributed by atoms with E-state index in [1.165, 1.54) is 0 Å². The van der Waals surface area contributed by atoms with Crippen LogP contribution in [0.5, 0.6) is 0 Å². The molecule has 0 rings (SSSR count). The van der Waals surface area contributed by atoms with E-state index in [2.05, 4.69) is 6.92 Å². The maximum absolute atomic E-state index is 8.01. The van der Waals surface area contributed by atoms with Gasteiger partial charge in [0.25, 0.3) is 0 Å². The fourth-order valence-electron chi connectivity index (χ4n) is 0. The fourth-order valence-corrected chi connectivity index (χ4v) is 0. The molecule has 0 bridgehead atoms. The highest BCUT2D eigenvalue weighted by atomic mass is 28.4. The van der Waals surface area contributed by atoms with Crippen molar-refractivity contribution in [2.75, 3.05) is 0 Å². The molecule has 0 aromatic carbocycles. The zero-order valence-electron chi connectivity index (χ0n) is 3.26. The Hall–Kier alpha value is 0.0969. The highest BCUT2D eigenvalue weighted by molar-refractivity contribution is 6.56. The van der Waals surface area contributed by atoms with Crippen LogP contribution in [0.4, 0.5) is 0 Å². The highest BCUT2D eigenvalue weighted by Crippen LogP contribution is 1.89. The van der Waals surface area contributed by atoms with Crippen molar-refractivity contribution in [1.82, 2.24) is 0 Å². The van der Waals surface area contributed by atoms with Gasteiger partial charge in [-0.2, -0.15) is 0 Å². The molecule has 3 N–H and O–H groups in total. The van der Waals surface area contributed by atoms with Crippen LogP contribution in [0.3, 0.4) is 0 Å². The van der Waals surface area contributed by atoms with Gasteiger partial charge in [0, 0.05) is 6.04 Å². The lowest BCUT2D eigenvalue weighted by Crippen LogP contribution is -2.32. The van der Waals surface area contributed by atoms with Crippen molar-refractivity contribution in [1.29, 1.82) is 0 Å². The molecule has 0 spiro atoms. The summed E-state index contributed by atoms with van der Waals surface area (Å²) in [6.07, 6.45) is 0. The lowest BCUT2D eigenvalue weighted by molar-refractivity contribution is 0.232. The Bertz CT molecular complexity index is 38.5. The third kappa shape index (κ3) is 4.10. The van der Waals surface area contributed by atoms with Gasteiger partial charge in [0.1, 0.15) is 0 Å². The Kier molecular flexibility index (Phi) is 1.73. The SMILES string of the molecule is [CH2]C[Si](O)(O)O. The number of hydrogen-bond donors (Lipinski definition) is 3. The molecule has 0 amide bonds. The maximum Gasteiger partial charge on any atom is 0.492 e. The van der Waals surface area contributed by atoms with Crippen molar-refractivity contribution in [3.63, 3.8) is 0 Å². The second-order valence-electron chi connectivity index (χ2n) is 1.02. The van der Waals surface area contributed by atoms with Crippen LogP contribution in [0.25, 0.3) is 0 Å². The van der Waals surface area contributed by atoms with Crippen LogP contribution in [-0.2, 0) is 0 Å². The molecule has 0 saturated heterocycles. The average Bonchev–Trinajstić information content (AvgIpc) is 1.35. The quantitative estimate of drug-likeness (QED) is 0.366. The molecule has 0 aromatic rings. The van der Waals surface area contributed by atoms with E-state index in [-0.39, 0.29) is 6.04 Å². The van der Waals surface area contributed by atoms with Crippen LogP contribution in [0.15, 0.2) is 0 Å². The molecule has 0 aromatic heterocycles. The van der Waals surface area contributed by atoms with Crippen LogP contribution in [0.2, 0.25) is 6.04 Å². The van der Waals surface area contributed by atoms with Gasteiger partial charge in [0.15, 0.2) is 0 Å². The van der Waals surface area contributed by atoms with Crippen molar-refractivity contribution in [3.05, 3.63) is 6.92 Å². The van der Waals surface area contributed by atoms with Gasteiger partial charge in [-0.25, -0.2) is 0 Å². The summed E-state index contributed by atoms with van der Waals surface area (Å²) < 4.78 is 0. The fraction of sp³-hybridized carbons (Fsp3) is 0.500. The highest BCUT2D eigenvalue weighted by Gasteiger charge is 2.22. The zero-order chi connectivity index (χ0) is 5.21. The summed E-state index contributed by atoms with van der Waals surface area (Å²) >= 11 is 0. The van der Waals surface area contributed by atoms with Gasteiger partial charge in [0.05, 0.1) is 0 Å². The van der Waals surface area contributed by atoms with Gasteiger partial charge in [-0.05, 0) is 6.92 Å². The first-order chi connectivity index (χ1) is 2.56. The minimum absolute atomic E-state index is 0.174. The Labute approximate surface area is 37.2 Å². The predicted molar refractivity (Wildman–Crippen MR) is 22.6 cm³/mol. The van der Waals surface area contributed by atoms with Gasteiger partial charge in [-0.1, -0.05) is 0 Å². The van der Waals surface area contributed by atoms with E-state index < -0.39 is 8.80 Å². The number of hydrogen-bond acceptors (Lipinski definition) is 3. The summed E-state index contributed by atoms with van der Waals surface area (Å²) in [7, 11) is -3.74. The van der Waals surface area contributed by atoms with Crippen LogP contribution < -0.4 is 0 Å². The molecule has 0 saturated carbocycles. The Balaban J connectivity index is 3.17. The minimum Gasteiger partial charge on any atom is -0.390 e. The van der Waals surface area contributed by atoms with E-state index in [0.29, 0.717) is 0 Å². The Morgan fingerprint density at radius 2 is 1.50 bits per heavy atom. The molecule has 0 unspecified atom stereocenters. The summed E-state index contributed by atoms with van der Waals surface area (Å²) in [5.41, 5.74) is 0. The van der Waals surface area contributed by atoms with Gasteiger partial charge >= 0.3 is 8.80 Å². The van der Waals surface area contributed by atoms with Gasteiger partial charge < -0.3 is 14.4 Å². The van der Waals surface area contributed by atoms with Crippen LogP contribution in [0, 0.1) is 6.92 Å². The monoisotopic (exact) mass is 107 g/mol. The predicted octanol–water partition coefficient (Wildman–Crippen LogP) is -1.26. The molecular formula is C2H7O3Si. The largest absolute Gasteiger partial charge is 0.492 e. The zero-order valence-corrected chi connectivity index (χ0v) is 4.26. The lowest BCUT2D eigenvalue weighted by Gasteiger charge is -2.01. The molecule has 0 aliphatic carbocycles. The number of rotatable bonds is 1. The smallest absolute Gasteiger partial charge is 0.390 e. The second kappa shape index (κ2) is 1.70. The molecule has 0 heterocycles. The van der Waals surface area contributed by atoms with Crippen molar-refractivity contribution in [3.8, 4) is 0 Å². The maximum atomic E-state index is 8.01. The summed E-state index contributed by atoms with van der Waals surface area (Å²) in [5.74, 6) is 0. The molecule has 37 valence electrons. The van der Waals surface area contributed by atoms with E-state index >= 15 is 0 Å². The average molecular weight is 107 g/mol. The molecule has 0 aliphatic heterocycles. The van der Waals surface area contributed by atoms with Crippen LogP contribution >= 0.6 is 0 Å². The molecule has 4 heteroatoms. The topological polar surface area (TPSA) is 60.7 Å². The molecule has 0 fully saturated rings. The Morgan fingerprint density at radius 1 is 1.33 bits per heavy atom. The molecule has 0 aliphatic rings. The van der Waals surface area contributed by atoms with Crippen molar-refractivity contribution < 1.29 is 14.4 Å². The third-order valence-electron chi connectivity index (χ3n) is 0.335. The van der Waals surface area contributed by atoms with Crippen molar-refractivity contribution in [2.45, 2.75) is 6.04 Å². The normalized spacial score (nSPS) is 12.0. The van der Waals surface area contributed by atoms with E-state index in [4.69, 9.17) is 14.4 Å². The molecule has 3 nitrogen and oxygen atoms in total. The molecule has 1 radical (unpaired) electrons. The Morgan fingerprint density at radius 3 is 1.50 bits per heavy atom. The van der Waals surface area contributed by atoms with E-state index in [1.54, 1.807) is 0 Å². The molecular weight excluding hydrogens is 100 g/mol. The van der Waals surface area contributed by atoms with Crippen molar-refractivity contribution in [2.24, 2.45) is 0 Å². The first-order valence-electron chi connectivity index (χ1n) is 1.52. The first-order valence-corrected chi connectivity index (χ1v) is 3.57. The van der Waals surface area contributed by atoms with E-state index in [9.17, 15) is 0 Å². The van der Waals surface area contributed by atoms with Crippen LogP contribution in [0.1, 0.15) is 0 Å². The van der Waals surface area contributed by atoms with Gasteiger partial charge in [0.2, 0.25) is 0 Å². The lowest BCUT2D eigenvalue weighted by atomic mass is 11.0. The summed E-state index contributed by atoms with van der Waals surface area (Å²) in [6, 6.07) is -0.174. The van der Waals surface area contributed by atoms with E-state index in [1.807, 2.05) is 0 Å². The van der Waals surface area contributed by atoms with Gasteiger partial charge in [-0.15, -0.1) is 0 Å². The summed E-state index contributed by atoms with van der Waals surface area (Å²) in [5, 5.41) is 0. The standard InChI is InChI=1S/C2H7O3Si/c1-2-6(3,4)5/h3-5H,1-2H2.